The first kappa shape index (κ1) is 19.3. The van der Waals surface area contributed by atoms with Gasteiger partial charge in [-0.15, -0.1) is 0 Å². The van der Waals surface area contributed by atoms with Crippen LogP contribution < -0.4 is 4.74 Å². The normalized spacial score (nSPS) is 11.4. The lowest BCUT2D eigenvalue weighted by molar-refractivity contribution is 0.422. The highest BCUT2D eigenvalue weighted by molar-refractivity contribution is 7.86. The highest BCUT2D eigenvalue weighted by Crippen LogP contribution is 2.37. The van der Waals surface area contributed by atoms with Crippen LogP contribution in [-0.4, -0.2) is 18.1 Å². The summed E-state index contributed by atoms with van der Waals surface area (Å²) in [5.74, 6) is 0.548. The zero-order valence-corrected chi connectivity index (χ0v) is 15.1. The number of ether oxygens (including phenoxy) is 1. The molecule has 2 N–H and O–H groups in total. The zero-order chi connectivity index (χ0) is 18.3. The Kier molecular flexibility index (Phi) is 6.84. The molecule has 0 aliphatic heterocycles. The van der Waals surface area contributed by atoms with E-state index in [-0.39, 0.29) is 0 Å². The second-order valence-electron chi connectivity index (χ2n) is 5.94. The molecule has 0 saturated carbocycles. The first-order chi connectivity index (χ1) is 11.9. The third kappa shape index (κ3) is 5.47. The SMILES string of the molecule is CCCCCCCc1c(Oc2ccccc2)ccc(S(=O)(=O)O)c1O. The molecule has 0 radical (unpaired) electrons. The van der Waals surface area contributed by atoms with Gasteiger partial charge in [-0.25, -0.2) is 0 Å². The van der Waals surface area contributed by atoms with Crippen molar-refractivity contribution in [3.05, 3.63) is 48.0 Å². The Bertz CT molecular complexity index is 785. The molecular formula is C19H24O5S. The lowest BCUT2D eigenvalue weighted by Gasteiger charge is -2.15. The van der Waals surface area contributed by atoms with Crippen LogP contribution >= 0.6 is 0 Å². The van der Waals surface area contributed by atoms with Crippen LogP contribution in [0, 0.1) is 0 Å². The van der Waals surface area contributed by atoms with Gasteiger partial charge < -0.3 is 9.84 Å². The third-order valence-electron chi connectivity index (χ3n) is 3.98. The largest absolute Gasteiger partial charge is 0.506 e. The number of phenols is 1. The molecular weight excluding hydrogens is 340 g/mol. The van der Waals surface area contributed by atoms with Gasteiger partial charge in [-0.05, 0) is 37.1 Å². The van der Waals surface area contributed by atoms with E-state index in [9.17, 15) is 18.1 Å². The van der Waals surface area contributed by atoms with E-state index >= 15 is 0 Å². The van der Waals surface area contributed by atoms with Crippen molar-refractivity contribution < 1.29 is 22.8 Å². The molecule has 136 valence electrons. The van der Waals surface area contributed by atoms with Gasteiger partial charge in [-0.1, -0.05) is 50.8 Å². The van der Waals surface area contributed by atoms with Gasteiger partial charge in [0.2, 0.25) is 0 Å². The number of phenolic OH excluding ortho intramolecular Hbond substituents is 1. The lowest BCUT2D eigenvalue weighted by atomic mass is 10.0. The number of benzene rings is 2. The minimum absolute atomic E-state index is 0.395. The molecule has 0 aromatic heterocycles. The summed E-state index contributed by atoms with van der Waals surface area (Å²) in [7, 11) is -4.49. The van der Waals surface area contributed by atoms with Gasteiger partial charge in [0.1, 0.15) is 22.1 Å². The summed E-state index contributed by atoms with van der Waals surface area (Å²) in [4.78, 5) is -0.489. The van der Waals surface area contributed by atoms with Crippen molar-refractivity contribution in [3.63, 3.8) is 0 Å². The monoisotopic (exact) mass is 364 g/mol. The molecule has 0 aliphatic carbocycles. The molecule has 25 heavy (non-hydrogen) atoms. The fraction of sp³-hybridized carbons (Fsp3) is 0.368. The highest BCUT2D eigenvalue weighted by atomic mass is 32.2. The van der Waals surface area contributed by atoms with Crippen molar-refractivity contribution in [2.45, 2.75) is 50.3 Å². The predicted molar refractivity (Wildman–Crippen MR) is 96.9 cm³/mol. The molecule has 0 spiro atoms. The van der Waals surface area contributed by atoms with Crippen LogP contribution in [-0.2, 0) is 16.5 Å². The Morgan fingerprint density at radius 2 is 1.64 bits per heavy atom. The van der Waals surface area contributed by atoms with Crippen LogP contribution in [0.2, 0.25) is 0 Å². The van der Waals surface area contributed by atoms with E-state index in [4.69, 9.17) is 4.74 Å². The third-order valence-corrected chi connectivity index (χ3v) is 4.87. The number of hydrogen-bond donors (Lipinski definition) is 2. The molecule has 2 rings (SSSR count). The molecule has 0 atom stereocenters. The summed E-state index contributed by atoms with van der Waals surface area (Å²) in [6, 6.07) is 11.7. The molecule has 0 bridgehead atoms. The first-order valence-corrected chi connectivity index (χ1v) is 9.92. The van der Waals surface area contributed by atoms with E-state index in [2.05, 4.69) is 6.92 Å². The Balaban J connectivity index is 2.29. The Labute approximate surface area is 149 Å². The number of aromatic hydroxyl groups is 1. The maximum atomic E-state index is 11.4. The summed E-state index contributed by atoms with van der Waals surface area (Å²) >= 11 is 0. The van der Waals surface area contributed by atoms with Gasteiger partial charge in [-0.3, -0.25) is 4.55 Å². The Morgan fingerprint density at radius 1 is 0.960 bits per heavy atom. The molecule has 2 aromatic carbocycles. The molecule has 5 nitrogen and oxygen atoms in total. The number of hydrogen-bond acceptors (Lipinski definition) is 4. The van der Waals surface area contributed by atoms with Crippen LogP contribution in [0.5, 0.6) is 17.2 Å². The fourth-order valence-corrected chi connectivity index (χ4v) is 3.27. The standard InChI is InChI=1S/C19H24O5S/c1-2-3-4-5-9-12-16-17(24-15-10-7-6-8-11-15)13-14-18(19(16)20)25(21,22)23/h6-8,10-11,13-14,20H,2-5,9,12H2,1H3,(H,21,22,23). The van der Waals surface area contributed by atoms with Gasteiger partial charge in [0.15, 0.2) is 0 Å². The minimum Gasteiger partial charge on any atom is -0.506 e. The van der Waals surface area contributed by atoms with Crippen molar-refractivity contribution in [1.82, 2.24) is 0 Å². The van der Waals surface area contributed by atoms with Crippen molar-refractivity contribution in [2.24, 2.45) is 0 Å². The summed E-state index contributed by atoms with van der Waals surface area (Å²) in [6.45, 7) is 2.13. The highest BCUT2D eigenvalue weighted by Gasteiger charge is 2.21. The average molecular weight is 364 g/mol. The van der Waals surface area contributed by atoms with Gasteiger partial charge in [0, 0.05) is 5.56 Å². The number of para-hydroxylation sites is 1. The van der Waals surface area contributed by atoms with E-state index in [1.54, 1.807) is 12.1 Å². The van der Waals surface area contributed by atoms with Crippen molar-refractivity contribution in [2.75, 3.05) is 0 Å². The number of rotatable bonds is 9. The van der Waals surface area contributed by atoms with Crippen molar-refractivity contribution in [3.8, 4) is 17.2 Å². The average Bonchev–Trinajstić information content (AvgIpc) is 2.56. The van der Waals surface area contributed by atoms with Gasteiger partial charge in [0.25, 0.3) is 10.1 Å². The van der Waals surface area contributed by atoms with Crippen molar-refractivity contribution >= 4 is 10.1 Å². The van der Waals surface area contributed by atoms with Gasteiger partial charge in [0.05, 0.1) is 0 Å². The second kappa shape index (κ2) is 8.87. The van der Waals surface area contributed by atoms with E-state index < -0.39 is 20.8 Å². The van der Waals surface area contributed by atoms with Gasteiger partial charge >= 0.3 is 0 Å². The Hall–Kier alpha value is -2.05. The Morgan fingerprint density at radius 3 is 2.28 bits per heavy atom. The maximum absolute atomic E-state index is 11.4. The molecule has 0 unspecified atom stereocenters. The summed E-state index contributed by atoms with van der Waals surface area (Å²) in [5.41, 5.74) is 0.399. The van der Waals surface area contributed by atoms with Crippen LogP contribution in [0.15, 0.2) is 47.4 Å². The van der Waals surface area contributed by atoms with Gasteiger partial charge in [-0.2, -0.15) is 8.42 Å². The van der Waals surface area contributed by atoms with E-state index in [1.807, 2.05) is 18.2 Å². The fourth-order valence-electron chi connectivity index (χ4n) is 2.66. The number of unbranched alkanes of at least 4 members (excludes halogenated alkanes) is 4. The van der Waals surface area contributed by atoms with Crippen molar-refractivity contribution in [1.29, 1.82) is 0 Å². The smallest absolute Gasteiger partial charge is 0.298 e. The molecule has 0 heterocycles. The van der Waals surface area contributed by atoms with E-state index in [0.717, 1.165) is 38.2 Å². The predicted octanol–water partition coefficient (Wildman–Crippen LogP) is 4.94. The first-order valence-electron chi connectivity index (χ1n) is 8.48. The molecule has 0 amide bonds. The lowest BCUT2D eigenvalue weighted by Crippen LogP contribution is -2.02. The second-order valence-corrected chi connectivity index (χ2v) is 7.33. The van der Waals surface area contributed by atoms with E-state index in [1.165, 1.54) is 6.07 Å². The summed E-state index contributed by atoms with van der Waals surface area (Å²) in [5, 5.41) is 10.4. The molecule has 0 aliphatic rings. The molecule has 2 aromatic rings. The van der Waals surface area contributed by atoms with Crippen LogP contribution in [0.3, 0.4) is 0 Å². The topological polar surface area (TPSA) is 83.8 Å². The molecule has 0 fully saturated rings. The van der Waals surface area contributed by atoms with E-state index in [0.29, 0.717) is 23.5 Å². The summed E-state index contributed by atoms with van der Waals surface area (Å²) in [6.07, 6.45) is 5.61. The molecule has 0 saturated heterocycles. The molecule has 6 heteroatoms. The quantitative estimate of drug-likeness (QED) is 0.486. The van der Waals surface area contributed by atoms with Crippen LogP contribution in [0.4, 0.5) is 0 Å². The zero-order valence-electron chi connectivity index (χ0n) is 14.3. The minimum atomic E-state index is -4.49. The summed E-state index contributed by atoms with van der Waals surface area (Å²) < 4.78 is 38.0. The van der Waals surface area contributed by atoms with Crippen LogP contribution in [0.25, 0.3) is 0 Å². The van der Waals surface area contributed by atoms with Crippen LogP contribution in [0.1, 0.15) is 44.6 Å². The maximum Gasteiger partial charge on any atom is 0.298 e.